The molecule has 1 rings (SSSR count). The van der Waals surface area contributed by atoms with Crippen LogP contribution in [-0.4, -0.2) is 24.2 Å². The fourth-order valence-corrected chi connectivity index (χ4v) is 1.42. The molecule has 0 spiro atoms. The van der Waals surface area contributed by atoms with E-state index in [1.807, 2.05) is 0 Å². The number of ether oxygens (including phenoxy) is 1. The van der Waals surface area contributed by atoms with Gasteiger partial charge in [-0.15, -0.1) is 11.6 Å². The van der Waals surface area contributed by atoms with Crippen molar-refractivity contribution >= 4 is 23.4 Å². The Morgan fingerprint density at radius 1 is 1.41 bits per heavy atom. The molecule has 92 valence electrons. The van der Waals surface area contributed by atoms with Crippen LogP contribution in [0, 0.1) is 11.6 Å². The van der Waals surface area contributed by atoms with Crippen LogP contribution in [-0.2, 0) is 9.53 Å². The first-order valence-electron chi connectivity index (χ1n) is 4.66. The van der Waals surface area contributed by atoms with Crippen molar-refractivity contribution in [3.8, 4) is 0 Å². The van der Waals surface area contributed by atoms with Crippen LogP contribution in [0.25, 0.3) is 0 Å². The second-order valence-corrected chi connectivity index (χ2v) is 3.76. The van der Waals surface area contributed by atoms with E-state index in [1.54, 1.807) is 0 Å². The number of hydrogen-bond donors (Lipinski definition) is 0. The molecule has 0 bridgehead atoms. The van der Waals surface area contributed by atoms with Gasteiger partial charge in [0, 0.05) is 0 Å². The highest BCUT2D eigenvalue weighted by atomic mass is 35.5. The van der Waals surface area contributed by atoms with Crippen LogP contribution in [0.1, 0.15) is 16.8 Å². The molecule has 3 nitrogen and oxygen atoms in total. The Morgan fingerprint density at radius 3 is 2.65 bits per heavy atom. The summed E-state index contributed by atoms with van der Waals surface area (Å²) in [6.45, 7) is 0. The standard InChI is InChI=1S/C11H9ClF2O3/c1-17-10(15)5-8(12)11(16)7-4-6(13)2-3-9(7)14/h2-4,8H,5H2,1H3. The lowest BCUT2D eigenvalue weighted by molar-refractivity contribution is -0.140. The minimum Gasteiger partial charge on any atom is -0.469 e. The zero-order chi connectivity index (χ0) is 13.0. The van der Waals surface area contributed by atoms with Crippen LogP contribution in [0.5, 0.6) is 0 Å². The summed E-state index contributed by atoms with van der Waals surface area (Å²) in [6.07, 6.45) is -0.396. The smallest absolute Gasteiger partial charge is 0.307 e. The van der Waals surface area contributed by atoms with Crippen LogP contribution in [0.4, 0.5) is 8.78 Å². The summed E-state index contributed by atoms with van der Waals surface area (Å²) in [7, 11) is 1.14. The maximum atomic E-state index is 13.2. The van der Waals surface area contributed by atoms with Crippen molar-refractivity contribution in [1.29, 1.82) is 0 Å². The van der Waals surface area contributed by atoms with Crippen molar-refractivity contribution in [3.05, 3.63) is 35.4 Å². The highest BCUT2D eigenvalue weighted by Crippen LogP contribution is 2.16. The average Bonchev–Trinajstić information content (AvgIpc) is 2.31. The Morgan fingerprint density at radius 2 is 2.06 bits per heavy atom. The zero-order valence-corrected chi connectivity index (χ0v) is 9.63. The molecular weight excluding hydrogens is 254 g/mol. The van der Waals surface area contributed by atoms with Crippen molar-refractivity contribution in [3.63, 3.8) is 0 Å². The molecule has 1 aromatic rings. The van der Waals surface area contributed by atoms with E-state index in [1.165, 1.54) is 0 Å². The van der Waals surface area contributed by atoms with Gasteiger partial charge in [0.2, 0.25) is 0 Å². The van der Waals surface area contributed by atoms with Crippen LogP contribution in [0.3, 0.4) is 0 Å². The Balaban J connectivity index is 2.88. The van der Waals surface area contributed by atoms with E-state index in [4.69, 9.17) is 11.6 Å². The third kappa shape index (κ3) is 3.49. The molecule has 0 saturated heterocycles. The molecule has 1 unspecified atom stereocenters. The third-order valence-corrected chi connectivity index (χ3v) is 2.40. The average molecular weight is 263 g/mol. The fraction of sp³-hybridized carbons (Fsp3) is 0.273. The second kappa shape index (κ2) is 5.72. The van der Waals surface area contributed by atoms with E-state index in [9.17, 15) is 18.4 Å². The van der Waals surface area contributed by atoms with Gasteiger partial charge < -0.3 is 4.74 Å². The highest BCUT2D eigenvalue weighted by Gasteiger charge is 2.24. The first-order valence-corrected chi connectivity index (χ1v) is 5.09. The van der Waals surface area contributed by atoms with Crippen molar-refractivity contribution in [1.82, 2.24) is 0 Å². The fourth-order valence-electron chi connectivity index (χ4n) is 1.18. The maximum Gasteiger partial charge on any atom is 0.307 e. The van der Waals surface area contributed by atoms with Crippen LogP contribution in [0.2, 0.25) is 0 Å². The molecule has 0 saturated carbocycles. The minimum absolute atomic E-state index is 0.396. The lowest BCUT2D eigenvalue weighted by atomic mass is 10.1. The first-order chi connectivity index (χ1) is 7.95. The van der Waals surface area contributed by atoms with Gasteiger partial charge in [0.15, 0.2) is 5.78 Å². The summed E-state index contributed by atoms with van der Waals surface area (Å²) >= 11 is 5.62. The van der Waals surface area contributed by atoms with Crippen molar-refractivity contribution in [2.45, 2.75) is 11.8 Å². The predicted molar refractivity (Wildman–Crippen MR) is 57.0 cm³/mol. The Labute approximate surface area is 101 Å². The summed E-state index contributed by atoms with van der Waals surface area (Å²) in [6, 6.07) is 2.45. The van der Waals surface area contributed by atoms with Crippen LogP contribution < -0.4 is 0 Å². The molecule has 0 fully saturated rings. The highest BCUT2D eigenvalue weighted by molar-refractivity contribution is 6.34. The summed E-state index contributed by atoms with van der Waals surface area (Å²) in [4.78, 5) is 22.5. The molecular formula is C11H9ClF2O3. The molecule has 17 heavy (non-hydrogen) atoms. The molecule has 0 N–H and O–H groups in total. The molecule has 0 radical (unpaired) electrons. The van der Waals surface area contributed by atoms with Crippen molar-refractivity contribution in [2.24, 2.45) is 0 Å². The van der Waals surface area contributed by atoms with Gasteiger partial charge in [0.05, 0.1) is 19.1 Å². The number of carbonyl (C=O) groups is 2. The van der Waals surface area contributed by atoms with Crippen molar-refractivity contribution < 1.29 is 23.1 Å². The number of carbonyl (C=O) groups excluding carboxylic acids is 2. The normalized spacial score (nSPS) is 12.0. The number of methoxy groups -OCH3 is 1. The van der Waals surface area contributed by atoms with E-state index >= 15 is 0 Å². The Kier molecular flexibility index (Phi) is 4.57. The number of hydrogen-bond acceptors (Lipinski definition) is 3. The van der Waals surface area contributed by atoms with Gasteiger partial charge in [-0.3, -0.25) is 9.59 Å². The second-order valence-electron chi connectivity index (χ2n) is 3.24. The summed E-state index contributed by atoms with van der Waals surface area (Å²) in [5.74, 6) is -3.19. The molecule has 1 aromatic carbocycles. The number of halogens is 3. The quantitative estimate of drug-likeness (QED) is 0.475. The number of ketones is 1. The summed E-state index contributed by atoms with van der Waals surface area (Å²) < 4.78 is 30.4. The Bertz CT molecular complexity index is 448. The van der Waals surface area contributed by atoms with Gasteiger partial charge in [-0.25, -0.2) is 8.78 Å². The van der Waals surface area contributed by atoms with Gasteiger partial charge in [0.25, 0.3) is 0 Å². The number of Topliss-reactive ketones (excluding diaryl/α,β-unsaturated/α-hetero) is 1. The van der Waals surface area contributed by atoms with E-state index in [-0.39, 0.29) is 0 Å². The predicted octanol–water partition coefficient (Wildman–Crippen LogP) is 2.32. The lowest BCUT2D eigenvalue weighted by Gasteiger charge is -2.08. The first kappa shape index (κ1) is 13.6. The maximum absolute atomic E-state index is 13.2. The van der Waals surface area contributed by atoms with Crippen LogP contribution >= 0.6 is 11.6 Å². The largest absolute Gasteiger partial charge is 0.469 e. The molecule has 0 aliphatic carbocycles. The van der Waals surface area contributed by atoms with Gasteiger partial charge in [-0.1, -0.05) is 0 Å². The molecule has 6 heteroatoms. The van der Waals surface area contributed by atoms with Crippen molar-refractivity contribution in [2.75, 3.05) is 7.11 Å². The molecule has 1 atom stereocenters. The third-order valence-electron chi connectivity index (χ3n) is 2.05. The van der Waals surface area contributed by atoms with E-state index in [2.05, 4.69) is 4.74 Å². The number of alkyl halides is 1. The van der Waals surface area contributed by atoms with E-state index < -0.39 is 40.7 Å². The minimum atomic E-state index is -1.28. The SMILES string of the molecule is COC(=O)CC(Cl)C(=O)c1cc(F)ccc1F. The zero-order valence-electron chi connectivity index (χ0n) is 8.88. The van der Waals surface area contributed by atoms with Gasteiger partial charge in [-0.2, -0.15) is 0 Å². The summed E-state index contributed by atoms with van der Waals surface area (Å²) in [5.41, 5.74) is -0.478. The van der Waals surface area contributed by atoms with E-state index in [0.717, 1.165) is 25.3 Å². The molecule has 0 aliphatic heterocycles. The summed E-state index contributed by atoms with van der Waals surface area (Å²) in [5, 5.41) is -1.28. The number of benzene rings is 1. The monoisotopic (exact) mass is 262 g/mol. The van der Waals surface area contributed by atoms with Gasteiger partial charge in [-0.05, 0) is 18.2 Å². The van der Waals surface area contributed by atoms with E-state index in [0.29, 0.717) is 0 Å². The lowest BCUT2D eigenvalue weighted by Crippen LogP contribution is -2.20. The van der Waals surface area contributed by atoms with Gasteiger partial charge in [0.1, 0.15) is 17.0 Å². The molecule has 0 aliphatic rings. The molecule has 0 heterocycles. The Hall–Kier alpha value is -1.49. The molecule has 0 amide bonds. The molecule has 0 aromatic heterocycles. The number of esters is 1. The van der Waals surface area contributed by atoms with Crippen LogP contribution in [0.15, 0.2) is 18.2 Å². The topological polar surface area (TPSA) is 43.4 Å². The van der Waals surface area contributed by atoms with Gasteiger partial charge >= 0.3 is 5.97 Å². The number of rotatable bonds is 4.